The number of aliphatic hydroxyl groups excluding tert-OH is 1. The number of hydrogen-bond acceptors (Lipinski definition) is 31. The van der Waals surface area contributed by atoms with Crippen LogP contribution in [0.5, 0.6) is 11.5 Å². The van der Waals surface area contributed by atoms with Gasteiger partial charge in [-0.2, -0.15) is 75.8 Å². The van der Waals surface area contributed by atoms with E-state index in [9.17, 15) is 121 Å². The van der Waals surface area contributed by atoms with E-state index < -0.39 is 295 Å². The van der Waals surface area contributed by atoms with E-state index in [-0.39, 0.29) is 48.9 Å². The van der Waals surface area contributed by atoms with E-state index >= 15 is 0 Å². The second-order valence-electron chi connectivity index (χ2n) is 30.1. The van der Waals surface area contributed by atoms with Gasteiger partial charge in [-0.05, 0) is 73.1 Å². The third-order valence-corrected chi connectivity index (χ3v) is 20.9. The van der Waals surface area contributed by atoms with Crippen molar-refractivity contribution in [1.29, 1.82) is 0 Å². The van der Waals surface area contributed by atoms with Crippen LogP contribution >= 0.6 is 75.8 Å². The standard InChI is InChI=1S/C79H114N20O26S6/c1-37(2)20-46(89-72(118)49(23-43-14-18-45(102)19-15-43)93-79(125)64(38(3)4)99-66(112)40(6)85-59(104)26-81-58(103)25-80)70(116)96-55(34-129)77(123)92-50(24-62(107)108)69(115)86-39(5)65(111)82-27-60(105)88-54(33-128)75(121)98-56(35-130)76(122)91-47(21-41-10-8-7-9-11-41)71(117)90-48(22-42-12-16-44(101)17-13-42)73(119)97-57(36-131)78(124)95-52(31-126)68(114)83-28-61(106)87-53(32-127)74(120)94-51(30-100)67(113)84-29-63(109)110/h7-19,37-40,46-57,64,100-102,126-131H,20-36,80H2,1-6H3,(H,81,103)(H,82,111)(H,83,114)(H,84,113)(H,85,104)(H,86,115)(H,87,106)(H,88,105)(H,89,118)(H,90,117)(H,91,122)(H,92,123)(H,93,125)(H,94,120)(H,95,124)(H,96,116)(H,97,119)(H,98,121)(H,99,112)(H,107,108)(H,109,110)/t39-,40-,46-,47-,48-,49-,50-,51-,52-,53-,54-,55-,56-,57-,64-/m0/s1. The first-order chi connectivity index (χ1) is 61.8. The number of carboxylic acid groups (broad SMARTS) is 2. The normalized spacial score (nSPS) is 14.4. The van der Waals surface area contributed by atoms with Crippen molar-refractivity contribution in [2.24, 2.45) is 17.6 Å². The van der Waals surface area contributed by atoms with Crippen molar-refractivity contribution in [2.75, 3.05) is 73.8 Å². The Kier molecular flexibility index (Phi) is 50.8. The molecule has 0 fully saturated rings. The number of hydrogen-bond donors (Lipinski definition) is 31. The van der Waals surface area contributed by atoms with Gasteiger partial charge in [0.1, 0.15) is 109 Å². The number of aromatic hydroxyl groups is 2. The fourth-order valence-electron chi connectivity index (χ4n) is 11.6. The second-order valence-corrected chi connectivity index (χ2v) is 32.3. The summed E-state index contributed by atoms with van der Waals surface area (Å²) >= 11 is 25.0. The first-order valence-electron chi connectivity index (χ1n) is 40.5. The summed E-state index contributed by atoms with van der Waals surface area (Å²) in [6.45, 7) is 4.59. The summed E-state index contributed by atoms with van der Waals surface area (Å²) in [6, 6.07) is -4.17. The minimum atomic E-state index is -1.96. The van der Waals surface area contributed by atoms with Crippen molar-refractivity contribution < 1.29 is 126 Å². The van der Waals surface area contributed by atoms with Crippen molar-refractivity contribution in [3.63, 3.8) is 0 Å². The van der Waals surface area contributed by atoms with Crippen molar-refractivity contribution in [2.45, 2.75) is 164 Å². The molecule has 722 valence electrons. The molecule has 0 spiro atoms. The Morgan fingerprint density at radius 1 is 0.298 bits per heavy atom. The molecule has 15 atom stereocenters. The fraction of sp³-hybridized carbons (Fsp3) is 0.506. The first-order valence-corrected chi connectivity index (χ1v) is 44.3. The molecule has 46 nitrogen and oxygen atoms in total. The monoisotopic (exact) mass is 1950 g/mol. The second kappa shape index (κ2) is 58.7. The highest BCUT2D eigenvalue weighted by atomic mass is 32.1. The van der Waals surface area contributed by atoms with Crippen molar-refractivity contribution >= 4 is 200 Å². The van der Waals surface area contributed by atoms with Crippen molar-refractivity contribution in [3.8, 4) is 11.5 Å². The average molecular weight is 1950 g/mol. The molecule has 26 N–H and O–H groups in total. The van der Waals surface area contributed by atoms with Gasteiger partial charge in [-0.25, -0.2) is 0 Å². The van der Waals surface area contributed by atoms with Gasteiger partial charge in [0.05, 0.1) is 39.2 Å². The molecule has 0 unspecified atom stereocenters. The largest absolute Gasteiger partial charge is 0.508 e. The van der Waals surface area contributed by atoms with Gasteiger partial charge in [0, 0.05) is 53.8 Å². The molecule has 0 aliphatic heterocycles. The number of nitrogens with two attached hydrogens (primary N) is 1. The number of nitrogens with one attached hydrogen (secondary N) is 19. The Morgan fingerprint density at radius 2 is 0.603 bits per heavy atom. The Morgan fingerprint density at radius 3 is 0.985 bits per heavy atom. The lowest BCUT2D eigenvalue weighted by atomic mass is 9.99. The SMILES string of the molecule is CC(C)C[C@H](NC(=O)[C@H](Cc1ccc(O)cc1)NC(=O)[C@@H](NC(=O)[C@H](C)NC(=O)CNC(=O)CN)C(C)C)C(=O)N[C@@H](CS)C(=O)N[C@@H](CC(=O)O)C(=O)N[C@@H](C)C(=O)NCC(=O)N[C@@H](CS)C(=O)N[C@@H](CS)C(=O)N[C@@H](Cc1ccccc1)C(=O)N[C@@H](Cc1ccc(O)cc1)C(=O)N[C@@H](CS)C(=O)N[C@@H](CS)C(=O)NCC(=O)N[C@@H](CS)C(=O)N[C@@H](CO)C(=O)NCC(=O)O. The van der Waals surface area contributed by atoms with Crippen LogP contribution in [-0.4, -0.2) is 314 Å². The lowest BCUT2D eigenvalue weighted by Crippen LogP contribution is -2.61. The summed E-state index contributed by atoms with van der Waals surface area (Å²) in [5, 5.41) is 93.2. The Hall–Kier alpha value is -11.9. The molecule has 3 aromatic rings. The number of carbonyl (C=O) groups is 21. The quantitative estimate of drug-likeness (QED) is 0.0233. The molecule has 0 aliphatic rings. The Labute approximate surface area is 785 Å². The zero-order chi connectivity index (χ0) is 98.5. The summed E-state index contributed by atoms with van der Waals surface area (Å²) < 4.78 is 0. The van der Waals surface area contributed by atoms with Crippen LogP contribution < -0.4 is 107 Å². The van der Waals surface area contributed by atoms with E-state index in [0.29, 0.717) is 16.7 Å². The Balaban J connectivity index is 1.74. The van der Waals surface area contributed by atoms with Gasteiger partial charge in [-0.3, -0.25) is 101 Å². The van der Waals surface area contributed by atoms with E-state index in [1.165, 1.54) is 55.5 Å². The predicted molar refractivity (Wildman–Crippen MR) is 490 cm³/mol. The summed E-state index contributed by atoms with van der Waals surface area (Å²) in [7, 11) is 0. The first kappa shape index (κ1) is 113. The zero-order valence-electron chi connectivity index (χ0n) is 71.9. The number of aliphatic carboxylic acids is 2. The number of thiol groups is 6. The van der Waals surface area contributed by atoms with Crippen molar-refractivity contribution in [3.05, 3.63) is 95.6 Å². The summed E-state index contributed by atoms with van der Waals surface area (Å²) in [5.41, 5.74) is 6.48. The molecule has 3 rings (SSSR count). The lowest BCUT2D eigenvalue weighted by molar-refractivity contribution is -0.141. The summed E-state index contributed by atoms with van der Waals surface area (Å²) in [4.78, 5) is 280. The molecular formula is C79H114N20O26S6. The van der Waals surface area contributed by atoms with Crippen LogP contribution in [0.2, 0.25) is 0 Å². The molecule has 0 radical (unpaired) electrons. The van der Waals surface area contributed by atoms with Crippen LogP contribution in [0, 0.1) is 11.8 Å². The highest BCUT2D eigenvalue weighted by molar-refractivity contribution is 7.81. The van der Waals surface area contributed by atoms with Gasteiger partial charge in [0.25, 0.3) is 0 Å². The van der Waals surface area contributed by atoms with Gasteiger partial charge in [0.2, 0.25) is 112 Å². The number of amides is 19. The van der Waals surface area contributed by atoms with Gasteiger partial charge in [-0.1, -0.05) is 82.3 Å². The van der Waals surface area contributed by atoms with E-state index in [2.05, 4.69) is 171 Å². The maximum Gasteiger partial charge on any atom is 0.322 e. The molecular weight excluding hydrogens is 1840 g/mol. The fourth-order valence-corrected chi connectivity index (χ4v) is 13.1. The van der Waals surface area contributed by atoms with Crippen LogP contribution in [0.1, 0.15) is 71.1 Å². The minimum Gasteiger partial charge on any atom is -0.508 e. The number of carbonyl (C=O) groups excluding carboxylic acids is 19. The van der Waals surface area contributed by atoms with Gasteiger partial charge < -0.3 is 132 Å². The smallest absolute Gasteiger partial charge is 0.322 e. The number of aliphatic hydroxyl groups is 1. The number of benzene rings is 3. The number of phenolic OH excluding ortho intramolecular Hbond substituents is 2. The maximum absolute atomic E-state index is 14.6. The van der Waals surface area contributed by atoms with Crippen LogP contribution in [0.3, 0.4) is 0 Å². The number of phenols is 2. The van der Waals surface area contributed by atoms with E-state index in [0.717, 1.165) is 6.92 Å². The molecule has 0 bridgehead atoms. The van der Waals surface area contributed by atoms with E-state index in [1.807, 2.05) is 5.32 Å². The number of carboxylic acids is 2. The average Bonchev–Trinajstić information content (AvgIpc) is 0.843. The van der Waals surface area contributed by atoms with Crippen LogP contribution in [0.4, 0.5) is 0 Å². The van der Waals surface area contributed by atoms with Crippen molar-refractivity contribution in [1.82, 2.24) is 101 Å². The van der Waals surface area contributed by atoms with E-state index in [4.69, 9.17) is 10.8 Å². The lowest BCUT2D eigenvalue weighted by Gasteiger charge is -2.28. The Bertz CT molecular complexity index is 4480. The predicted octanol–water partition coefficient (Wildman–Crippen LogP) is -9.31. The highest BCUT2D eigenvalue weighted by Gasteiger charge is 2.39. The maximum atomic E-state index is 14.6. The zero-order valence-corrected chi connectivity index (χ0v) is 77.3. The van der Waals surface area contributed by atoms with Gasteiger partial charge in [-0.15, -0.1) is 0 Å². The molecule has 0 saturated heterocycles. The molecule has 19 amide bonds. The van der Waals surface area contributed by atoms with E-state index in [1.54, 1.807) is 58.0 Å². The molecule has 0 aliphatic carbocycles. The molecule has 0 heterocycles. The summed E-state index contributed by atoms with van der Waals surface area (Å²) in [5.74, 6) is -25.7. The van der Waals surface area contributed by atoms with Crippen LogP contribution in [0.25, 0.3) is 0 Å². The molecule has 3 aromatic carbocycles. The number of rotatable bonds is 57. The van der Waals surface area contributed by atoms with Crippen LogP contribution in [-0.2, 0) is 120 Å². The van der Waals surface area contributed by atoms with Crippen LogP contribution in [0.15, 0.2) is 78.9 Å². The molecule has 131 heavy (non-hydrogen) atoms. The highest BCUT2D eigenvalue weighted by Crippen LogP contribution is 2.17. The molecule has 52 heteroatoms. The topological polar surface area (TPSA) is 714 Å². The van der Waals surface area contributed by atoms with Gasteiger partial charge in [0.15, 0.2) is 0 Å². The minimum absolute atomic E-state index is 0.0974. The third-order valence-electron chi connectivity index (χ3n) is 18.7. The van der Waals surface area contributed by atoms with Gasteiger partial charge >= 0.3 is 11.9 Å². The molecule has 0 saturated carbocycles. The third kappa shape index (κ3) is 41.4. The molecule has 0 aromatic heterocycles. The summed E-state index contributed by atoms with van der Waals surface area (Å²) in [6.07, 6.45) is -2.05.